The van der Waals surface area contributed by atoms with Crippen molar-refractivity contribution in [3.8, 4) is 0 Å². The Labute approximate surface area is 94.4 Å². The van der Waals surface area contributed by atoms with E-state index in [1.54, 1.807) is 0 Å². The molecule has 2 fully saturated rings. The van der Waals surface area contributed by atoms with Crippen LogP contribution in [0.15, 0.2) is 0 Å². The number of nitrogens with one attached hydrogen (secondary N) is 1. The quantitative estimate of drug-likeness (QED) is 0.765. The second-order valence-electron chi connectivity index (χ2n) is 5.91. The Bertz CT molecular complexity index is 209. The van der Waals surface area contributed by atoms with Gasteiger partial charge in [0, 0.05) is 30.7 Å². The summed E-state index contributed by atoms with van der Waals surface area (Å²) in [6.07, 6.45) is 4.22. The van der Waals surface area contributed by atoms with Crippen molar-refractivity contribution in [1.29, 1.82) is 0 Å². The third-order valence-electron chi connectivity index (χ3n) is 4.14. The summed E-state index contributed by atoms with van der Waals surface area (Å²) >= 11 is 0. The minimum Gasteiger partial charge on any atom is -0.310 e. The zero-order valence-corrected chi connectivity index (χ0v) is 10.7. The van der Waals surface area contributed by atoms with Gasteiger partial charge in [0.2, 0.25) is 0 Å². The lowest BCUT2D eigenvalue weighted by molar-refractivity contribution is 0.252. The van der Waals surface area contributed by atoms with Crippen LogP contribution in [0.5, 0.6) is 0 Å². The molecule has 15 heavy (non-hydrogen) atoms. The van der Waals surface area contributed by atoms with E-state index >= 15 is 0 Å². The van der Waals surface area contributed by atoms with Crippen LogP contribution in [-0.2, 0) is 0 Å². The zero-order chi connectivity index (χ0) is 11.0. The molecule has 1 saturated heterocycles. The third kappa shape index (κ3) is 2.73. The highest BCUT2D eigenvalue weighted by atomic mass is 15.3. The van der Waals surface area contributed by atoms with Gasteiger partial charge in [-0.25, -0.2) is 0 Å². The average molecular weight is 210 g/mol. The molecule has 3 unspecified atom stereocenters. The number of rotatable bonds is 4. The molecular weight excluding hydrogens is 184 g/mol. The smallest absolute Gasteiger partial charge is 0.0212 e. The summed E-state index contributed by atoms with van der Waals surface area (Å²) in [5.41, 5.74) is 0. The Balaban J connectivity index is 1.80. The molecule has 1 aliphatic carbocycles. The lowest BCUT2D eigenvalue weighted by Crippen LogP contribution is -2.41. The van der Waals surface area contributed by atoms with Crippen molar-refractivity contribution in [3.05, 3.63) is 0 Å². The van der Waals surface area contributed by atoms with Gasteiger partial charge in [0.25, 0.3) is 0 Å². The van der Waals surface area contributed by atoms with Crippen LogP contribution in [0.1, 0.15) is 47.0 Å². The van der Waals surface area contributed by atoms with Crippen molar-refractivity contribution in [1.82, 2.24) is 10.2 Å². The van der Waals surface area contributed by atoms with E-state index in [-0.39, 0.29) is 0 Å². The topological polar surface area (TPSA) is 15.3 Å². The number of hydrogen-bond donors (Lipinski definition) is 1. The molecule has 0 spiro atoms. The van der Waals surface area contributed by atoms with E-state index in [0.29, 0.717) is 6.04 Å². The molecule has 1 aliphatic heterocycles. The third-order valence-corrected chi connectivity index (χ3v) is 4.14. The lowest BCUT2D eigenvalue weighted by atomic mass is 10.0. The summed E-state index contributed by atoms with van der Waals surface area (Å²) in [7, 11) is 0. The second kappa shape index (κ2) is 4.42. The maximum absolute atomic E-state index is 3.78. The minimum absolute atomic E-state index is 0.654. The monoisotopic (exact) mass is 210 g/mol. The van der Waals surface area contributed by atoms with Crippen LogP contribution in [0, 0.1) is 5.92 Å². The normalized spacial score (nSPS) is 35.0. The van der Waals surface area contributed by atoms with E-state index < -0.39 is 0 Å². The van der Waals surface area contributed by atoms with E-state index in [0.717, 1.165) is 24.0 Å². The molecule has 3 atom stereocenters. The highest BCUT2D eigenvalue weighted by Crippen LogP contribution is 2.33. The van der Waals surface area contributed by atoms with Crippen molar-refractivity contribution in [2.24, 2.45) is 5.92 Å². The molecule has 0 radical (unpaired) electrons. The molecule has 2 heteroatoms. The van der Waals surface area contributed by atoms with Crippen molar-refractivity contribution >= 4 is 0 Å². The average Bonchev–Trinajstić information content (AvgIpc) is 2.92. The van der Waals surface area contributed by atoms with Gasteiger partial charge in [-0.05, 0) is 39.0 Å². The summed E-state index contributed by atoms with van der Waals surface area (Å²) in [6, 6.07) is 3.12. The van der Waals surface area contributed by atoms with Gasteiger partial charge in [-0.1, -0.05) is 13.8 Å². The molecule has 2 aliphatic rings. The predicted octanol–water partition coefficient (Wildman–Crippen LogP) is 2.25. The summed E-state index contributed by atoms with van der Waals surface area (Å²) in [5.74, 6) is 0.746. The maximum atomic E-state index is 3.78. The first-order valence-corrected chi connectivity index (χ1v) is 6.59. The van der Waals surface area contributed by atoms with Gasteiger partial charge in [0.15, 0.2) is 0 Å². The highest BCUT2D eigenvalue weighted by Gasteiger charge is 2.38. The van der Waals surface area contributed by atoms with Crippen molar-refractivity contribution in [2.75, 3.05) is 6.54 Å². The van der Waals surface area contributed by atoms with Gasteiger partial charge in [0.05, 0.1) is 0 Å². The summed E-state index contributed by atoms with van der Waals surface area (Å²) in [4.78, 5) is 2.71. The predicted molar refractivity (Wildman–Crippen MR) is 65.0 cm³/mol. The van der Waals surface area contributed by atoms with Crippen LogP contribution in [0.25, 0.3) is 0 Å². The Morgan fingerprint density at radius 1 is 1.20 bits per heavy atom. The van der Waals surface area contributed by atoms with Gasteiger partial charge >= 0.3 is 0 Å². The molecule has 0 aromatic heterocycles. The summed E-state index contributed by atoms with van der Waals surface area (Å²) in [6.45, 7) is 10.6. The van der Waals surface area contributed by atoms with Crippen LogP contribution in [0.2, 0.25) is 0 Å². The standard InChI is InChI=1S/C13H26N2/c1-9(2)11(4)14-12-7-10(3)15(8-12)13-5-6-13/h9-14H,5-8H2,1-4H3. The molecule has 2 nitrogen and oxygen atoms in total. The summed E-state index contributed by atoms with van der Waals surface area (Å²) in [5, 5.41) is 3.78. The van der Waals surface area contributed by atoms with E-state index in [2.05, 4.69) is 37.9 Å². The lowest BCUT2D eigenvalue weighted by Gasteiger charge is -2.23. The largest absolute Gasteiger partial charge is 0.310 e. The number of nitrogens with zero attached hydrogens (tertiary/aromatic N) is 1. The zero-order valence-electron chi connectivity index (χ0n) is 10.7. The molecular formula is C13H26N2. The van der Waals surface area contributed by atoms with Crippen molar-refractivity contribution in [3.63, 3.8) is 0 Å². The second-order valence-corrected chi connectivity index (χ2v) is 5.91. The molecule has 0 aromatic carbocycles. The van der Waals surface area contributed by atoms with Crippen LogP contribution in [0.3, 0.4) is 0 Å². The maximum Gasteiger partial charge on any atom is 0.0212 e. The fraction of sp³-hybridized carbons (Fsp3) is 1.00. The molecule has 0 bridgehead atoms. The van der Waals surface area contributed by atoms with Crippen molar-refractivity contribution < 1.29 is 0 Å². The fourth-order valence-corrected chi connectivity index (χ4v) is 2.66. The molecule has 0 aromatic rings. The molecule has 1 saturated carbocycles. The Morgan fingerprint density at radius 3 is 2.40 bits per heavy atom. The van der Waals surface area contributed by atoms with Gasteiger partial charge in [0.1, 0.15) is 0 Å². The molecule has 1 heterocycles. The van der Waals surface area contributed by atoms with E-state index in [9.17, 15) is 0 Å². The van der Waals surface area contributed by atoms with Gasteiger partial charge in [-0.15, -0.1) is 0 Å². The van der Waals surface area contributed by atoms with Crippen LogP contribution in [-0.4, -0.2) is 35.6 Å². The first-order valence-electron chi connectivity index (χ1n) is 6.59. The highest BCUT2D eigenvalue weighted by molar-refractivity contribution is 4.96. The summed E-state index contributed by atoms with van der Waals surface area (Å²) < 4.78 is 0. The Kier molecular flexibility index (Phi) is 3.36. The first kappa shape index (κ1) is 11.4. The number of hydrogen-bond acceptors (Lipinski definition) is 2. The van der Waals surface area contributed by atoms with E-state index in [4.69, 9.17) is 0 Å². The fourth-order valence-electron chi connectivity index (χ4n) is 2.66. The molecule has 1 N–H and O–H groups in total. The number of likely N-dealkylation sites (tertiary alicyclic amines) is 1. The van der Waals surface area contributed by atoms with E-state index in [1.807, 2.05) is 0 Å². The van der Waals surface area contributed by atoms with Crippen LogP contribution >= 0.6 is 0 Å². The minimum atomic E-state index is 0.654. The van der Waals surface area contributed by atoms with Gasteiger partial charge in [-0.3, -0.25) is 4.90 Å². The van der Waals surface area contributed by atoms with Gasteiger partial charge < -0.3 is 5.32 Å². The first-order chi connectivity index (χ1) is 7.08. The molecule has 2 rings (SSSR count). The molecule has 88 valence electrons. The molecule has 0 amide bonds. The Hall–Kier alpha value is -0.0800. The SMILES string of the molecule is CC(C)C(C)NC1CC(C)N(C2CC2)C1. The van der Waals surface area contributed by atoms with E-state index in [1.165, 1.54) is 25.8 Å². The Morgan fingerprint density at radius 2 is 1.87 bits per heavy atom. The van der Waals surface area contributed by atoms with Crippen LogP contribution < -0.4 is 5.32 Å². The van der Waals surface area contributed by atoms with Gasteiger partial charge in [-0.2, -0.15) is 0 Å². The van der Waals surface area contributed by atoms with Crippen molar-refractivity contribution in [2.45, 2.75) is 71.1 Å². The van der Waals surface area contributed by atoms with Crippen LogP contribution in [0.4, 0.5) is 0 Å².